The molecule has 2 aliphatic rings. The van der Waals surface area contributed by atoms with Gasteiger partial charge < -0.3 is 9.64 Å². The Bertz CT molecular complexity index is 1050. The summed E-state index contributed by atoms with van der Waals surface area (Å²) in [6.45, 7) is 1.57. The first-order chi connectivity index (χ1) is 13.9. The number of hydrogen-bond donors (Lipinski definition) is 0. The number of sulfonamides is 1. The molecule has 0 unspecified atom stereocenters. The number of halogens is 2. The summed E-state index contributed by atoms with van der Waals surface area (Å²) in [5, 5.41) is 0.286. The highest BCUT2D eigenvalue weighted by Gasteiger charge is 2.30. The Morgan fingerprint density at radius 1 is 1.10 bits per heavy atom. The number of nitrogens with zero attached hydrogens (tertiary/aromatic N) is 2. The van der Waals surface area contributed by atoms with Crippen LogP contribution < -0.4 is 4.90 Å². The van der Waals surface area contributed by atoms with Crippen molar-refractivity contribution in [2.45, 2.75) is 17.7 Å². The van der Waals surface area contributed by atoms with E-state index >= 15 is 0 Å². The van der Waals surface area contributed by atoms with Crippen LogP contribution in [0.5, 0.6) is 0 Å². The summed E-state index contributed by atoms with van der Waals surface area (Å²) >= 11 is 5.95. The second-order valence-electron chi connectivity index (χ2n) is 7.00. The normalized spacial score (nSPS) is 17.8. The minimum absolute atomic E-state index is 0.0408. The van der Waals surface area contributed by atoms with Gasteiger partial charge in [-0.3, -0.25) is 4.79 Å². The predicted molar refractivity (Wildman–Crippen MR) is 107 cm³/mol. The first-order valence-electron chi connectivity index (χ1n) is 9.35. The standard InChI is InChI=1S/C20H20ClFN2O4S/c21-16-11-14-4-2-6-24(19(14)18(22)13-16)20(25)15-3-1-5-17(12-15)29(26,27)23-7-9-28-10-8-23/h1,3,5,11-13H,2,4,6-10H2. The van der Waals surface area contributed by atoms with Crippen LogP contribution in [0.1, 0.15) is 22.3 Å². The Labute approximate surface area is 173 Å². The number of carbonyl (C=O) groups excluding carboxylic acids is 1. The molecule has 0 aliphatic carbocycles. The molecule has 0 atom stereocenters. The van der Waals surface area contributed by atoms with Gasteiger partial charge in [-0.2, -0.15) is 4.31 Å². The van der Waals surface area contributed by atoms with E-state index in [0.717, 1.165) is 0 Å². The smallest absolute Gasteiger partial charge is 0.258 e. The summed E-state index contributed by atoms with van der Waals surface area (Å²) in [6.07, 6.45) is 1.30. The quantitative estimate of drug-likeness (QED) is 0.738. The molecule has 0 radical (unpaired) electrons. The molecular formula is C20H20ClFN2O4S. The summed E-state index contributed by atoms with van der Waals surface area (Å²) < 4.78 is 46.9. The van der Waals surface area contributed by atoms with Crippen LogP contribution in [0.25, 0.3) is 0 Å². The van der Waals surface area contributed by atoms with Gasteiger partial charge in [0, 0.05) is 30.2 Å². The lowest BCUT2D eigenvalue weighted by atomic mass is 10.0. The Morgan fingerprint density at radius 3 is 2.62 bits per heavy atom. The number of morpholine rings is 1. The molecule has 2 aliphatic heterocycles. The van der Waals surface area contributed by atoms with Crippen LogP contribution in [0.15, 0.2) is 41.3 Å². The van der Waals surface area contributed by atoms with Gasteiger partial charge in [0.25, 0.3) is 5.91 Å². The molecule has 2 aromatic rings. The molecular weight excluding hydrogens is 419 g/mol. The van der Waals surface area contributed by atoms with E-state index in [-0.39, 0.29) is 34.3 Å². The van der Waals surface area contributed by atoms with E-state index < -0.39 is 21.7 Å². The fraction of sp³-hybridized carbons (Fsp3) is 0.350. The summed E-state index contributed by atoms with van der Waals surface area (Å²) in [5.74, 6) is -0.996. The topological polar surface area (TPSA) is 66.9 Å². The monoisotopic (exact) mass is 438 g/mol. The van der Waals surface area contributed by atoms with Gasteiger partial charge in [0.1, 0.15) is 5.82 Å². The third kappa shape index (κ3) is 3.90. The third-order valence-corrected chi connectivity index (χ3v) is 7.25. The summed E-state index contributed by atoms with van der Waals surface area (Å²) in [7, 11) is -3.73. The molecule has 9 heteroatoms. The Balaban J connectivity index is 1.67. The molecule has 0 N–H and O–H groups in total. The Hall–Kier alpha value is -2.00. The maximum atomic E-state index is 14.6. The van der Waals surface area contributed by atoms with Crippen LogP contribution in [0.4, 0.5) is 10.1 Å². The summed E-state index contributed by atoms with van der Waals surface area (Å²) in [6, 6.07) is 8.75. The molecule has 1 fully saturated rings. The number of ether oxygens (including phenoxy) is 1. The van der Waals surface area contributed by atoms with Gasteiger partial charge in [0.15, 0.2) is 0 Å². The van der Waals surface area contributed by atoms with E-state index in [0.29, 0.717) is 38.2 Å². The lowest BCUT2D eigenvalue weighted by molar-refractivity contribution is 0.0730. The molecule has 0 saturated carbocycles. The van der Waals surface area contributed by atoms with Gasteiger partial charge in [-0.15, -0.1) is 0 Å². The van der Waals surface area contributed by atoms with E-state index in [1.54, 1.807) is 12.1 Å². The first kappa shape index (κ1) is 20.3. The average molecular weight is 439 g/mol. The van der Waals surface area contributed by atoms with Crippen LogP contribution in [-0.4, -0.2) is 51.5 Å². The zero-order valence-electron chi connectivity index (χ0n) is 15.6. The molecule has 0 spiro atoms. The van der Waals surface area contributed by atoms with Crippen LogP contribution in [-0.2, 0) is 21.2 Å². The number of hydrogen-bond acceptors (Lipinski definition) is 4. The van der Waals surface area contributed by atoms with Gasteiger partial charge in [-0.25, -0.2) is 12.8 Å². The van der Waals surface area contributed by atoms with Crippen molar-refractivity contribution in [2.75, 3.05) is 37.7 Å². The number of fused-ring (bicyclic) bond motifs is 1. The minimum atomic E-state index is -3.73. The molecule has 2 heterocycles. The molecule has 2 aromatic carbocycles. The van der Waals surface area contributed by atoms with Crippen molar-refractivity contribution < 1.29 is 22.3 Å². The average Bonchev–Trinajstić information content (AvgIpc) is 2.73. The lowest BCUT2D eigenvalue weighted by Gasteiger charge is -2.30. The van der Waals surface area contributed by atoms with Gasteiger partial charge in [-0.1, -0.05) is 17.7 Å². The Kier molecular flexibility index (Phi) is 5.61. The summed E-state index contributed by atoms with van der Waals surface area (Å²) in [4.78, 5) is 14.6. The van der Waals surface area contributed by atoms with Gasteiger partial charge in [-0.05, 0) is 48.7 Å². The van der Waals surface area contributed by atoms with Gasteiger partial charge >= 0.3 is 0 Å². The number of rotatable bonds is 3. The minimum Gasteiger partial charge on any atom is -0.379 e. The Morgan fingerprint density at radius 2 is 1.86 bits per heavy atom. The fourth-order valence-electron chi connectivity index (χ4n) is 3.74. The first-order valence-corrected chi connectivity index (χ1v) is 11.2. The molecule has 1 amide bonds. The molecule has 0 bridgehead atoms. The SMILES string of the molecule is O=C(c1cccc(S(=O)(=O)N2CCOCC2)c1)N1CCCc2cc(Cl)cc(F)c21. The molecule has 0 aromatic heterocycles. The number of carbonyl (C=O) groups is 1. The number of benzene rings is 2. The van der Waals surface area contributed by atoms with Crippen molar-refractivity contribution in [1.82, 2.24) is 4.31 Å². The largest absolute Gasteiger partial charge is 0.379 e. The van der Waals surface area contributed by atoms with Crippen molar-refractivity contribution in [3.63, 3.8) is 0 Å². The third-order valence-electron chi connectivity index (χ3n) is 5.14. The number of aryl methyl sites for hydroxylation is 1. The lowest BCUT2D eigenvalue weighted by Crippen LogP contribution is -2.40. The van der Waals surface area contributed by atoms with E-state index in [1.807, 2.05) is 0 Å². The molecule has 1 saturated heterocycles. The van der Waals surface area contributed by atoms with Gasteiger partial charge in [0.2, 0.25) is 10.0 Å². The maximum absolute atomic E-state index is 14.6. The highest BCUT2D eigenvalue weighted by atomic mass is 35.5. The van der Waals surface area contributed by atoms with Crippen molar-refractivity contribution in [2.24, 2.45) is 0 Å². The van der Waals surface area contributed by atoms with E-state index in [2.05, 4.69) is 0 Å². The molecule has 4 rings (SSSR count). The van der Waals surface area contributed by atoms with E-state index in [4.69, 9.17) is 16.3 Å². The highest BCUT2D eigenvalue weighted by Crippen LogP contribution is 2.34. The molecule has 29 heavy (non-hydrogen) atoms. The maximum Gasteiger partial charge on any atom is 0.258 e. The van der Waals surface area contributed by atoms with E-state index in [9.17, 15) is 17.6 Å². The highest BCUT2D eigenvalue weighted by molar-refractivity contribution is 7.89. The zero-order chi connectivity index (χ0) is 20.6. The predicted octanol–water partition coefficient (Wildman–Crippen LogP) is 3.09. The second-order valence-corrected chi connectivity index (χ2v) is 9.37. The number of anilines is 1. The van der Waals surface area contributed by atoms with Crippen molar-refractivity contribution in [3.05, 3.63) is 58.4 Å². The van der Waals surface area contributed by atoms with Crippen molar-refractivity contribution in [3.8, 4) is 0 Å². The van der Waals surface area contributed by atoms with Gasteiger partial charge in [0.05, 0.1) is 23.8 Å². The van der Waals surface area contributed by atoms with Crippen molar-refractivity contribution in [1.29, 1.82) is 0 Å². The molecule has 154 valence electrons. The van der Waals surface area contributed by atoms with Crippen molar-refractivity contribution >= 4 is 33.2 Å². The number of amides is 1. The van der Waals surface area contributed by atoms with E-state index in [1.165, 1.54) is 33.5 Å². The fourth-order valence-corrected chi connectivity index (χ4v) is 5.42. The van der Waals surface area contributed by atoms with Crippen LogP contribution in [0, 0.1) is 5.82 Å². The van der Waals surface area contributed by atoms with Crippen LogP contribution >= 0.6 is 11.6 Å². The van der Waals surface area contributed by atoms with Crippen LogP contribution in [0.3, 0.4) is 0 Å². The zero-order valence-corrected chi connectivity index (χ0v) is 17.2. The molecule has 6 nitrogen and oxygen atoms in total. The summed E-state index contributed by atoms with van der Waals surface area (Å²) in [5.41, 5.74) is 1.08. The second kappa shape index (κ2) is 8.02. The van der Waals surface area contributed by atoms with Crippen LogP contribution in [0.2, 0.25) is 5.02 Å².